The van der Waals surface area contributed by atoms with Gasteiger partial charge in [-0.05, 0) is 36.8 Å². The highest BCUT2D eigenvalue weighted by Gasteiger charge is 2.16. The molecule has 7 nitrogen and oxygen atoms in total. The van der Waals surface area contributed by atoms with Crippen molar-refractivity contribution >= 4 is 17.5 Å². The average Bonchev–Trinajstić information content (AvgIpc) is 3.09. The number of anilines is 1. The van der Waals surface area contributed by atoms with Gasteiger partial charge < -0.3 is 10.6 Å². The van der Waals surface area contributed by atoms with Gasteiger partial charge in [-0.25, -0.2) is 0 Å². The van der Waals surface area contributed by atoms with Crippen LogP contribution in [0.2, 0.25) is 0 Å². The Labute approximate surface area is 163 Å². The van der Waals surface area contributed by atoms with Crippen LogP contribution in [-0.4, -0.2) is 26.8 Å². The summed E-state index contributed by atoms with van der Waals surface area (Å²) in [6.07, 6.45) is 0. The van der Waals surface area contributed by atoms with E-state index in [2.05, 4.69) is 20.8 Å². The second-order valence-electron chi connectivity index (χ2n) is 6.79. The van der Waals surface area contributed by atoms with Crippen molar-refractivity contribution in [1.29, 1.82) is 0 Å². The summed E-state index contributed by atoms with van der Waals surface area (Å²) in [6, 6.07) is 16.8. The van der Waals surface area contributed by atoms with Gasteiger partial charge in [0.1, 0.15) is 0 Å². The first kappa shape index (κ1) is 19.3. The summed E-state index contributed by atoms with van der Waals surface area (Å²) in [6.45, 7) is 5.75. The van der Waals surface area contributed by atoms with Gasteiger partial charge in [0.2, 0.25) is 5.91 Å². The Morgan fingerprint density at radius 3 is 2.50 bits per heavy atom. The molecule has 2 N–H and O–H groups in total. The Morgan fingerprint density at radius 2 is 1.79 bits per heavy atom. The molecule has 3 rings (SSSR count). The molecule has 0 aliphatic heterocycles. The number of amides is 2. The van der Waals surface area contributed by atoms with Gasteiger partial charge in [0, 0.05) is 18.2 Å². The van der Waals surface area contributed by atoms with E-state index in [-0.39, 0.29) is 23.4 Å². The summed E-state index contributed by atoms with van der Waals surface area (Å²) in [5.74, 6) is -0.441. The van der Waals surface area contributed by atoms with Gasteiger partial charge in [0.05, 0.1) is 11.4 Å². The van der Waals surface area contributed by atoms with Gasteiger partial charge in [-0.1, -0.05) is 44.2 Å². The number of carbonyl (C=O) groups excluding carboxylic acids is 2. The zero-order valence-corrected chi connectivity index (χ0v) is 16.1. The lowest BCUT2D eigenvalue weighted by atomic mass is 10.1. The number of aryl methyl sites for hydroxylation is 1. The second-order valence-corrected chi connectivity index (χ2v) is 6.79. The Morgan fingerprint density at radius 1 is 1.04 bits per heavy atom. The summed E-state index contributed by atoms with van der Waals surface area (Å²) in [7, 11) is 0. The summed E-state index contributed by atoms with van der Waals surface area (Å²) < 4.78 is 0. The van der Waals surface area contributed by atoms with Crippen LogP contribution >= 0.6 is 0 Å². The number of para-hydroxylation sites is 1. The van der Waals surface area contributed by atoms with Gasteiger partial charge in [-0.3, -0.25) is 9.59 Å². The Balaban J connectivity index is 1.66. The number of hydrogen-bond acceptors (Lipinski definition) is 4. The van der Waals surface area contributed by atoms with Crippen molar-refractivity contribution in [2.75, 3.05) is 5.32 Å². The maximum Gasteiger partial charge on any atom is 0.274 e. The maximum absolute atomic E-state index is 12.5. The van der Waals surface area contributed by atoms with Crippen LogP contribution in [0.25, 0.3) is 5.69 Å². The molecule has 0 atom stereocenters. The highest BCUT2D eigenvalue weighted by Crippen LogP contribution is 2.13. The first-order chi connectivity index (χ1) is 13.4. The van der Waals surface area contributed by atoms with Gasteiger partial charge in [-0.15, -0.1) is 5.10 Å². The molecule has 7 heteroatoms. The van der Waals surface area contributed by atoms with E-state index in [1.807, 2.05) is 68.4 Å². The molecule has 0 bridgehead atoms. The third kappa shape index (κ3) is 4.62. The van der Waals surface area contributed by atoms with Crippen molar-refractivity contribution in [2.24, 2.45) is 5.92 Å². The normalized spacial score (nSPS) is 10.7. The molecule has 0 unspecified atom stereocenters. The lowest BCUT2D eigenvalue weighted by Crippen LogP contribution is -2.24. The minimum Gasteiger partial charge on any atom is -0.347 e. The maximum atomic E-state index is 12.5. The van der Waals surface area contributed by atoms with Crippen LogP contribution in [-0.2, 0) is 11.3 Å². The highest BCUT2D eigenvalue weighted by atomic mass is 16.2. The first-order valence-corrected chi connectivity index (χ1v) is 9.11. The third-order valence-corrected chi connectivity index (χ3v) is 4.16. The number of nitrogens with one attached hydrogen (secondary N) is 2. The minimum atomic E-state index is -0.295. The molecule has 3 aromatic rings. The average molecular weight is 377 g/mol. The van der Waals surface area contributed by atoms with Crippen LogP contribution in [0.15, 0.2) is 54.6 Å². The summed E-state index contributed by atoms with van der Waals surface area (Å²) in [4.78, 5) is 25.8. The highest BCUT2D eigenvalue weighted by molar-refractivity contribution is 5.93. The van der Waals surface area contributed by atoms with Crippen LogP contribution in [0.5, 0.6) is 0 Å². The SMILES string of the molecule is Cc1nn(-c2ccccc2)nc1C(=O)NCc1cccc(NC(=O)C(C)C)c1. The summed E-state index contributed by atoms with van der Waals surface area (Å²) >= 11 is 0. The lowest BCUT2D eigenvalue weighted by Gasteiger charge is -2.10. The molecule has 0 aliphatic carbocycles. The minimum absolute atomic E-state index is 0.0469. The topological polar surface area (TPSA) is 88.9 Å². The monoisotopic (exact) mass is 377 g/mol. The fourth-order valence-electron chi connectivity index (χ4n) is 2.58. The smallest absolute Gasteiger partial charge is 0.274 e. The van der Waals surface area contributed by atoms with E-state index < -0.39 is 0 Å². The number of carbonyl (C=O) groups is 2. The summed E-state index contributed by atoms with van der Waals surface area (Å²) in [5.41, 5.74) is 3.21. The molecule has 0 radical (unpaired) electrons. The standard InChI is InChI=1S/C21H23N5O2/c1-14(2)20(27)23-17-9-7-8-16(12-17)13-22-21(28)19-15(3)24-26(25-19)18-10-5-4-6-11-18/h4-12,14H,13H2,1-3H3,(H,22,28)(H,23,27). The molecule has 0 saturated heterocycles. The van der Waals surface area contributed by atoms with E-state index >= 15 is 0 Å². The second kappa shape index (κ2) is 8.47. The Kier molecular flexibility index (Phi) is 5.84. The zero-order valence-electron chi connectivity index (χ0n) is 16.1. The molecule has 0 saturated carbocycles. The number of hydrogen-bond donors (Lipinski definition) is 2. The van der Waals surface area contributed by atoms with E-state index in [4.69, 9.17) is 0 Å². The predicted molar refractivity (Wildman–Crippen MR) is 107 cm³/mol. The Hall–Kier alpha value is -3.48. The fourth-order valence-corrected chi connectivity index (χ4v) is 2.58. The molecule has 0 spiro atoms. The van der Waals surface area contributed by atoms with Gasteiger partial charge in [0.25, 0.3) is 5.91 Å². The number of benzene rings is 2. The third-order valence-electron chi connectivity index (χ3n) is 4.16. The zero-order chi connectivity index (χ0) is 20.1. The van der Waals surface area contributed by atoms with Crippen LogP contribution in [0.1, 0.15) is 35.6 Å². The first-order valence-electron chi connectivity index (χ1n) is 9.11. The van der Waals surface area contributed by atoms with E-state index in [9.17, 15) is 9.59 Å². The number of aromatic nitrogens is 3. The van der Waals surface area contributed by atoms with Crippen LogP contribution in [0.4, 0.5) is 5.69 Å². The molecule has 1 heterocycles. The molecular formula is C21H23N5O2. The molecule has 2 amide bonds. The largest absolute Gasteiger partial charge is 0.347 e. The lowest BCUT2D eigenvalue weighted by molar-refractivity contribution is -0.118. The van der Waals surface area contributed by atoms with Crippen molar-refractivity contribution < 1.29 is 9.59 Å². The fraction of sp³-hybridized carbons (Fsp3) is 0.238. The van der Waals surface area contributed by atoms with Gasteiger partial charge >= 0.3 is 0 Å². The predicted octanol–water partition coefficient (Wildman–Crippen LogP) is 3.10. The molecule has 144 valence electrons. The molecule has 0 aliphatic rings. The van der Waals surface area contributed by atoms with Gasteiger partial charge in [0.15, 0.2) is 5.69 Å². The van der Waals surface area contributed by atoms with Crippen LogP contribution < -0.4 is 10.6 Å². The van der Waals surface area contributed by atoms with E-state index in [1.54, 1.807) is 6.92 Å². The summed E-state index contributed by atoms with van der Waals surface area (Å²) in [5, 5.41) is 14.3. The van der Waals surface area contributed by atoms with E-state index in [1.165, 1.54) is 4.80 Å². The Bertz CT molecular complexity index is 979. The van der Waals surface area contributed by atoms with Crippen molar-refractivity contribution in [2.45, 2.75) is 27.3 Å². The van der Waals surface area contributed by atoms with E-state index in [0.29, 0.717) is 17.9 Å². The number of nitrogens with zero attached hydrogens (tertiary/aromatic N) is 3. The van der Waals surface area contributed by atoms with Crippen molar-refractivity contribution in [3.8, 4) is 5.69 Å². The van der Waals surface area contributed by atoms with Gasteiger partial charge in [-0.2, -0.15) is 9.90 Å². The van der Waals surface area contributed by atoms with E-state index in [0.717, 1.165) is 11.3 Å². The number of rotatable bonds is 6. The van der Waals surface area contributed by atoms with Crippen LogP contribution in [0, 0.1) is 12.8 Å². The van der Waals surface area contributed by atoms with Crippen LogP contribution in [0.3, 0.4) is 0 Å². The van der Waals surface area contributed by atoms with Crippen molar-refractivity contribution in [3.63, 3.8) is 0 Å². The molecule has 28 heavy (non-hydrogen) atoms. The van der Waals surface area contributed by atoms with Crippen molar-refractivity contribution in [3.05, 3.63) is 71.5 Å². The molecule has 0 fully saturated rings. The molecule has 2 aromatic carbocycles. The molecular weight excluding hydrogens is 354 g/mol. The quantitative estimate of drug-likeness (QED) is 0.691. The van der Waals surface area contributed by atoms with Crippen molar-refractivity contribution in [1.82, 2.24) is 20.3 Å². The molecule has 1 aromatic heterocycles.